The number of carbonyl (C=O) groups excluding carboxylic acids is 1. The van der Waals surface area contributed by atoms with Gasteiger partial charge in [0.05, 0.1) is 5.69 Å². The number of hydrogen-bond donors (Lipinski definition) is 1. The Morgan fingerprint density at radius 3 is 2.45 bits per heavy atom. The van der Waals surface area contributed by atoms with Crippen molar-refractivity contribution in [1.82, 2.24) is 14.2 Å². The van der Waals surface area contributed by atoms with Crippen LogP contribution in [0, 0.1) is 20.8 Å². The molecule has 0 spiro atoms. The van der Waals surface area contributed by atoms with Crippen LogP contribution in [0.1, 0.15) is 16.7 Å². The second-order valence-electron chi connectivity index (χ2n) is 7.30. The molecule has 0 aliphatic rings. The molecule has 1 N–H and O–H groups in total. The van der Waals surface area contributed by atoms with Crippen LogP contribution in [0.25, 0.3) is 16.8 Å². The van der Waals surface area contributed by atoms with Gasteiger partial charge in [0.2, 0.25) is 5.91 Å². The zero-order chi connectivity index (χ0) is 20.5. The minimum absolute atomic E-state index is 0.0622. The van der Waals surface area contributed by atoms with Gasteiger partial charge in [0.1, 0.15) is 12.1 Å². The molecule has 0 saturated heterocycles. The first-order valence-electron chi connectivity index (χ1n) is 9.44. The summed E-state index contributed by atoms with van der Waals surface area (Å²) in [6, 6.07) is 15.5. The van der Waals surface area contributed by atoms with Gasteiger partial charge in [0.15, 0.2) is 0 Å². The molecule has 0 unspecified atom stereocenters. The fourth-order valence-electron chi connectivity index (χ4n) is 3.19. The maximum absolute atomic E-state index is 12.8. The molecule has 146 valence electrons. The Balaban J connectivity index is 1.58. The number of aryl methyl sites for hydroxylation is 3. The topological polar surface area (TPSA) is 68.4 Å². The van der Waals surface area contributed by atoms with Gasteiger partial charge < -0.3 is 9.88 Å². The standard InChI is InChI=1S/C23H22N4O2/c1-15-4-7-18(8-5-15)20-13-21-23(29)26(10-11-27(21)25-20)14-22(28)24-19-9-6-16(2)17(3)12-19/h4-13H,14H2,1-3H3,(H,24,28). The van der Waals surface area contributed by atoms with E-state index in [1.807, 2.05) is 63.2 Å². The molecule has 0 fully saturated rings. The molecule has 0 atom stereocenters. The molecule has 4 rings (SSSR count). The molecule has 0 saturated carbocycles. The smallest absolute Gasteiger partial charge is 0.277 e. The van der Waals surface area contributed by atoms with Crippen molar-refractivity contribution in [2.75, 3.05) is 5.32 Å². The van der Waals surface area contributed by atoms with Gasteiger partial charge in [-0.15, -0.1) is 0 Å². The summed E-state index contributed by atoms with van der Waals surface area (Å²) in [6.07, 6.45) is 3.28. The number of nitrogens with zero attached hydrogens (tertiary/aromatic N) is 3. The Morgan fingerprint density at radius 2 is 1.72 bits per heavy atom. The fraction of sp³-hybridized carbons (Fsp3) is 0.174. The monoisotopic (exact) mass is 386 g/mol. The van der Waals surface area contributed by atoms with Gasteiger partial charge in [-0.1, -0.05) is 35.9 Å². The molecule has 0 radical (unpaired) electrons. The highest BCUT2D eigenvalue weighted by molar-refractivity contribution is 5.90. The predicted octanol–water partition coefficient (Wildman–Crippen LogP) is 3.73. The first kappa shape index (κ1) is 18.7. The molecule has 29 heavy (non-hydrogen) atoms. The van der Waals surface area contributed by atoms with Crippen LogP contribution in [0.15, 0.2) is 65.7 Å². The lowest BCUT2D eigenvalue weighted by Crippen LogP contribution is -2.28. The van der Waals surface area contributed by atoms with Crippen LogP contribution in [0.4, 0.5) is 5.69 Å². The van der Waals surface area contributed by atoms with Crippen LogP contribution in [0.3, 0.4) is 0 Å². The number of nitrogens with one attached hydrogen (secondary N) is 1. The third kappa shape index (κ3) is 3.82. The first-order valence-corrected chi connectivity index (χ1v) is 9.44. The van der Waals surface area contributed by atoms with Crippen LogP contribution in [0.5, 0.6) is 0 Å². The van der Waals surface area contributed by atoms with Crippen molar-refractivity contribution in [3.8, 4) is 11.3 Å². The van der Waals surface area contributed by atoms with Crippen LogP contribution < -0.4 is 10.9 Å². The quantitative estimate of drug-likeness (QED) is 0.581. The van der Waals surface area contributed by atoms with Crippen molar-refractivity contribution >= 4 is 17.1 Å². The first-order chi connectivity index (χ1) is 13.9. The number of carbonyl (C=O) groups is 1. The van der Waals surface area contributed by atoms with Crippen LogP contribution in [0.2, 0.25) is 0 Å². The van der Waals surface area contributed by atoms with Crippen molar-refractivity contribution in [3.63, 3.8) is 0 Å². The molecular weight excluding hydrogens is 364 g/mol. The number of anilines is 1. The van der Waals surface area contributed by atoms with Gasteiger partial charge in [0, 0.05) is 23.6 Å². The number of fused-ring (bicyclic) bond motifs is 1. The minimum Gasteiger partial charge on any atom is -0.325 e. The molecule has 2 heterocycles. The van der Waals surface area contributed by atoms with E-state index in [4.69, 9.17) is 0 Å². The second kappa shape index (κ2) is 7.39. The number of hydrogen-bond acceptors (Lipinski definition) is 3. The molecule has 6 nitrogen and oxygen atoms in total. The van der Waals surface area contributed by atoms with E-state index in [9.17, 15) is 9.59 Å². The molecule has 2 aromatic carbocycles. The van der Waals surface area contributed by atoms with Gasteiger partial charge >= 0.3 is 0 Å². The summed E-state index contributed by atoms with van der Waals surface area (Å²) in [6.45, 7) is 5.98. The summed E-state index contributed by atoms with van der Waals surface area (Å²) in [7, 11) is 0. The molecule has 0 bridgehead atoms. The van der Waals surface area contributed by atoms with Crippen molar-refractivity contribution in [2.45, 2.75) is 27.3 Å². The average molecular weight is 386 g/mol. The molecule has 2 aromatic heterocycles. The largest absolute Gasteiger partial charge is 0.325 e. The normalized spacial score (nSPS) is 11.0. The lowest BCUT2D eigenvalue weighted by molar-refractivity contribution is -0.116. The van der Waals surface area contributed by atoms with E-state index < -0.39 is 0 Å². The zero-order valence-electron chi connectivity index (χ0n) is 16.6. The van der Waals surface area contributed by atoms with E-state index in [1.165, 1.54) is 4.57 Å². The van der Waals surface area contributed by atoms with Crippen molar-refractivity contribution in [2.24, 2.45) is 0 Å². The highest BCUT2D eigenvalue weighted by Crippen LogP contribution is 2.19. The van der Waals surface area contributed by atoms with Gasteiger partial charge in [0.25, 0.3) is 5.56 Å². The molecule has 1 amide bonds. The van der Waals surface area contributed by atoms with E-state index >= 15 is 0 Å². The number of amides is 1. The van der Waals surface area contributed by atoms with E-state index in [1.54, 1.807) is 23.0 Å². The molecule has 0 aliphatic heterocycles. The molecule has 6 heteroatoms. The van der Waals surface area contributed by atoms with E-state index in [0.717, 1.165) is 33.6 Å². The van der Waals surface area contributed by atoms with E-state index in [2.05, 4.69) is 10.4 Å². The summed E-state index contributed by atoms with van der Waals surface area (Å²) in [5, 5.41) is 7.33. The van der Waals surface area contributed by atoms with Crippen LogP contribution >= 0.6 is 0 Å². The number of benzene rings is 2. The third-order valence-electron chi connectivity index (χ3n) is 5.06. The van der Waals surface area contributed by atoms with Crippen molar-refractivity contribution in [1.29, 1.82) is 0 Å². The lowest BCUT2D eigenvalue weighted by Gasteiger charge is -2.09. The Bertz CT molecular complexity index is 1270. The molecule has 4 aromatic rings. The summed E-state index contributed by atoms with van der Waals surface area (Å²) < 4.78 is 2.95. The van der Waals surface area contributed by atoms with Gasteiger partial charge in [-0.2, -0.15) is 5.10 Å². The van der Waals surface area contributed by atoms with Crippen LogP contribution in [-0.2, 0) is 11.3 Å². The lowest BCUT2D eigenvalue weighted by atomic mass is 10.1. The van der Waals surface area contributed by atoms with Gasteiger partial charge in [-0.25, -0.2) is 4.52 Å². The summed E-state index contributed by atoms with van der Waals surface area (Å²) in [5.74, 6) is -0.252. The maximum atomic E-state index is 12.8. The maximum Gasteiger partial charge on any atom is 0.277 e. The van der Waals surface area contributed by atoms with Gasteiger partial charge in [-0.3, -0.25) is 9.59 Å². The summed E-state index contributed by atoms with van der Waals surface area (Å²) in [4.78, 5) is 25.3. The predicted molar refractivity (Wildman–Crippen MR) is 114 cm³/mol. The Labute approximate surface area is 168 Å². The highest BCUT2D eigenvalue weighted by Gasteiger charge is 2.11. The third-order valence-corrected chi connectivity index (χ3v) is 5.06. The van der Waals surface area contributed by atoms with Crippen molar-refractivity contribution in [3.05, 3.63) is 88.0 Å². The summed E-state index contributed by atoms with van der Waals surface area (Å²) >= 11 is 0. The van der Waals surface area contributed by atoms with Gasteiger partial charge in [-0.05, 0) is 50.1 Å². The highest BCUT2D eigenvalue weighted by atomic mass is 16.2. The molecule has 0 aliphatic carbocycles. The minimum atomic E-state index is -0.256. The fourth-order valence-corrected chi connectivity index (χ4v) is 3.19. The van der Waals surface area contributed by atoms with E-state index in [0.29, 0.717) is 5.52 Å². The van der Waals surface area contributed by atoms with Crippen LogP contribution in [-0.4, -0.2) is 20.1 Å². The Kier molecular flexibility index (Phi) is 4.76. The second-order valence-corrected chi connectivity index (χ2v) is 7.30. The Morgan fingerprint density at radius 1 is 0.966 bits per heavy atom. The number of rotatable bonds is 4. The summed E-state index contributed by atoms with van der Waals surface area (Å²) in [5.41, 5.74) is 5.99. The number of aromatic nitrogens is 3. The average Bonchev–Trinajstić information content (AvgIpc) is 3.13. The van der Waals surface area contributed by atoms with Crippen molar-refractivity contribution < 1.29 is 4.79 Å². The zero-order valence-corrected chi connectivity index (χ0v) is 16.6. The molecular formula is C23H22N4O2. The SMILES string of the molecule is Cc1ccc(-c2cc3c(=O)n(CC(=O)Nc4ccc(C)c(C)c4)ccn3n2)cc1. The van der Waals surface area contributed by atoms with E-state index in [-0.39, 0.29) is 18.0 Å². The Hall–Kier alpha value is -3.67.